The van der Waals surface area contributed by atoms with Crippen molar-refractivity contribution in [2.24, 2.45) is 17.8 Å². The maximum Gasteiger partial charge on any atom is 0.358 e. The summed E-state index contributed by atoms with van der Waals surface area (Å²) in [6, 6.07) is 0. The van der Waals surface area contributed by atoms with Crippen LogP contribution in [-0.4, -0.2) is 134 Å². The lowest BCUT2D eigenvalue weighted by atomic mass is 9.76. The van der Waals surface area contributed by atoms with E-state index in [4.69, 9.17) is 24.1 Å². The van der Waals surface area contributed by atoms with Crippen molar-refractivity contribution in [1.29, 1.82) is 0 Å². The first-order chi connectivity index (χ1) is 34.7. The van der Waals surface area contributed by atoms with Gasteiger partial charge in [0.2, 0.25) is 11.8 Å². The molecule has 0 aromatic carbocycles. The molecule has 19 nitrogen and oxygen atoms in total. The van der Waals surface area contributed by atoms with Crippen molar-refractivity contribution in [2.75, 3.05) is 65.9 Å². The first-order valence-electron chi connectivity index (χ1n) is 27.1. The van der Waals surface area contributed by atoms with Crippen LogP contribution in [0.2, 0.25) is 0 Å². The summed E-state index contributed by atoms with van der Waals surface area (Å²) in [5, 5.41) is 23.6. The number of nitrogens with zero attached hydrogens (tertiary/aromatic N) is 1. The number of carbonyl (C=O) groups is 9. The minimum atomic E-state index is -0.853. The molecular formula is C53H91N3O16. The van der Waals surface area contributed by atoms with E-state index in [-0.39, 0.29) is 82.4 Å². The number of rotatable bonds is 45. The Kier molecular flexibility index (Phi) is 40.3. The summed E-state index contributed by atoms with van der Waals surface area (Å²) in [5.41, 5.74) is 0. The standard InChI is InChI=1S/C35H62O6.C18H29N3O10/c1-2-19-31(35(40)41)28-33(37)30-25-22-29(23-26-30)24-27-32(36)20-17-15-13-11-9-7-5-3-4-6-8-10-12-14-16-18-21-34(38)39;1-14(22)19-4-6-27-8-10-29-12-15(23)20-5-7-28-9-11-30-13-18(26)31-21-16(24)2-3-17(21)25/h29-31H,2-28H2,1H3,(H,38,39)(H,40,41);2-13H2,1H3,(H,19,22)(H,20,23)/t29?,30?,31-;/m1./s1. The molecule has 1 saturated heterocycles. The number of ketones is 2. The number of imide groups is 1. The number of ether oxygens (including phenoxy) is 4. The number of carboxylic acids is 2. The number of unbranched alkanes of at least 4 members (excludes halogenated alkanes) is 15. The number of hydrogen-bond acceptors (Lipinski definition) is 14. The van der Waals surface area contributed by atoms with Crippen molar-refractivity contribution in [3.63, 3.8) is 0 Å². The van der Waals surface area contributed by atoms with Crippen LogP contribution in [0.1, 0.15) is 200 Å². The molecule has 2 rings (SSSR count). The summed E-state index contributed by atoms with van der Waals surface area (Å²) >= 11 is 0. The highest BCUT2D eigenvalue weighted by atomic mass is 16.7. The molecule has 4 amide bonds. The summed E-state index contributed by atoms with van der Waals surface area (Å²) in [6.45, 7) is 4.99. The van der Waals surface area contributed by atoms with Gasteiger partial charge in [-0.25, -0.2) is 4.79 Å². The lowest BCUT2D eigenvalue weighted by Crippen LogP contribution is -2.33. The molecular weight excluding hydrogens is 935 g/mol. The SMILES string of the molecule is CC(=O)NCCOCCOCC(=O)NCCOCCOCC(=O)ON1C(=O)CCC1=O.CCC[C@H](CC(=O)C1CCC(CCC(=O)CCCCCCCCCCCCCCCCCCC(=O)O)CC1)C(=O)O. The van der Waals surface area contributed by atoms with Crippen LogP contribution in [0.4, 0.5) is 0 Å². The van der Waals surface area contributed by atoms with Crippen LogP contribution < -0.4 is 10.6 Å². The van der Waals surface area contributed by atoms with Crippen molar-refractivity contribution in [3.8, 4) is 0 Å². The number of carbonyl (C=O) groups excluding carboxylic acids is 7. The van der Waals surface area contributed by atoms with Crippen molar-refractivity contribution < 1.29 is 77.1 Å². The smallest absolute Gasteiger partial charge is 0.358 e. The minimum Gasteiger partial charge on any atom is -0.481 e. The summed E-state index contributed by atoms with van der Waals surface area (Å²) in [5.74, 6) is -3.36. The number of hydroxylamine groups is 2. The van der Waals surface area contributed by atoms with E-state index < -0.39 is 42.2 Å². The van der Waals surface area contributed by atoms with Gasteiger partial charge in [0.05, 0.1) is 45.6 Å². The molecule has 0 bridgehead atoms. The van der Waals surface area contributed by atoms with Crippen molar-refractivity contribution in [1.82, 2.24) is 15.7 Å². The number of aliphatic carboxylic acids is 2. The molecule has 414 valence electrons. The Bertz CT molecular complexity index is 1540. The van der Waals surface area contributed by atoms with Crippen LogP contribution in [0, 0.1) is 17.8 Å². The van der Waals surface area contributed by atoms with E-state index >= 15 is 0 Å². The minimum absolute atomic E-state index is 0.0192. The number of Topliss-reactive ketones (excluding diaryl/α,β-unsaturated/α-hetero) is 2. The zero-order chi connectivity index (χ0) is 53.0. The summed E-state index contributed by atoms with van der Waals surface area (Å²) in [7, 11) is 0. The first kappa shape index (κ1) is 65.7. The average Bonchev–Trinajstić information content (AvgIpc) is 3.66. The van der Waals surface area contributed by atoms with Gasteiger partial charge in [-0.15, -0.1) is 5.06 Å². The molecule has 1 heterocycles. The van der Waals surface area contributed by atoms with Crippen LogP contribution in [0.5, 0.6) is 0 Å². The van der Waals surface area contributed by atoms with Crippen molar-refractivity contribution in [2.45, 2.75) is 200 Å². The van der Waals surface area contributed by atoms with Crippen LogP contribution in [0.25, 0.3) is 0 Å². The number of amides is 4. The number of nitrogens with one attached hydrogen (secondary N) is 2. The maximum absolute atomic E-state index is 12.6. The molecule has 0 radical (unpaired) electrons. The summed E-state index contributed by atoms with van der Waals surface area (Å²) < 4.78 is 20.6. The second-order valence-electron chi connectivity index (χ2n) is 19.0. The third-order valence-corrected chi connectivity index (χ3v) is 12.7. The van der Waals surface area contributed by atoms with Crippen molar-refractivity contribution in [3.05, 3.63) is 0 Å². The highest BCUT2D eigenvalue weighted by molar-refractivity contribution is 6.01. The quantitative estimate of drug-likeness (QED) is 0.0337. The van der Waals surface area contributed by atoms with E-state index in [1.807, 2.05) is 6.92 Å². The van der Waals surface area contributed by atoms with Crippen molar-refractivity contribution >= 4 is 53.1 Å². The van der Waals surface area contributed by atoms with Gasteiger partial charge in [0.1, 0.15) is 24.8 Å². The first-order valence-corrected chi connectivity index (χ1v) is 27.1. The second-order valence-corrected chi connectivity index (χ2v) is 19.0. The van der Waals surface area contributed by atoms with E-state index in [1.54, 1.807) is 0 Å². The molecule has 1 aliphatic heterocycles. The van der Waals surface area contributed by atoms with E-state index in [9.17, 15) is 48.3 Å². The Labute approximate surface area is 428 Å². The van der Waals surface area contributed by atoms with Gasteiger partial charge >= 0.3 is 17.9 Å². The fourth-order valence-corrected chi connectivity index (χ4v) is 8.57. The highest BCUT2D eigenvalue weighted by Crippen LogP contribution is 2.34. The van der Waals surface area contributed by atoms with Gasteiger partial charge in [0.15, 0.2) is 0 Å². The molecule has 0 aromatic heterocycles. The van der Waals surface area contributed by atoms with Gasteiger partial charge in [-0.05, 0) is 57.3 Å². The Balaban J connectivity index is 0.000000748. The van der Waals surface area contributed by atoms with Gasteiger partial charge in [0, 0.05) is 64.5 Å². The third kappa shape index (κ3) is 37.4. The fourth-order valence-electron chi connectivity index (χ4n) is 8.57. The molecule has 1 aliphatic carbocycles. The van der Waals surface area contributed by atoms with E-state index in [1.165, 1.54) is 84.0 Å². The lowest BCUT2D eigenvalue weighted by molar-refractivity contribution is -0.200. The molecule has 19 heteroatoms. The zero-order valence-corrected chi connectivity index (χ0v) is 43.9. The summed E-state index contributed by atoms with van der Waals surface area (Å²) in [4.78, 5) is 108. The van der Waals surface area contributed by atoms with Gasteiger partial charge < -0.3 is 44.6 Å². The molecule has 4 N–H and O–H groups in total. The Morgan fingerprint density at radius 3 is 1.56 bits per heavy atom. The third-order valence-electron chi connectivity index (χ3n) is 12.7. The predicted molar refractivity (Wildman–Crippen MR) is 268 cm³/mol. The maximum atomic E-state index is 12.6. The number of hydrogen-bond donors (Lipinski definition) is 4. The Hall–Kier alpha value is -4.33. The van der Waals surface area contributed by atoms with Crippen LogP contribution in [0.3, 0.4) is 0 Å². The largest absolute Gasteiger partial charge is 0.481 e. The number of carboxylic acid groups (broad SMARTS) is 2. The lowest BCUT2D eigenvalue weighted by Gasteiger charge is -2.28. The van der Waals surface area contributed by atoms with E-state index in [0.29, 0.717) is 62.2 Å². The molecule has 0 unspecified atom stereocenters. The van der Waals surface area contributed by atoms with Gasteiger partial charge in [-0.2, -0.15) is 0 Å². The van der Waals surface area contributed by atoms with E-state index in [0.717, 1.165) is 64.2 Å². The second kappa shape index (κ2) is 44.2. The zero-order valence-electron chi connectivity index (χ0n) is 43.9. The van der Waals surface area contributed by atoms with Gasteiger partial charge in [-0.3, -0.25) is 38.4 Å². The fraction of sp³-hybridized carbons (Fsp3) is 0.830. The van der Waals surface area contributed by atoms with Gasteiger partial charge in [0.25, 0.3) is 11.8 Å². The highest BCUT2D eigenvalue weighted by Gasteiger charge is 2.33. The molecule has 72 heavy (non-hydrogen) atoms. The predicted octanol–water partition coefficient (Wildman–Crippen LogP) is 7.62. The molecule has 1 atom stereocenters. The monoisotopic (exact) mass is 1030 g/mol. The molecule has 0 aromatic rings. The average molecular weight is 1030 g/mol. The summed E-state index contributed by atoms with van der Waals surface area (Å²) in [6.07, 6.45) is 27.5. The van der Waals surface area contributed by atoms with E-state index in [2.05, 4.69) is 15.5 Å². The van der Waals surface area contributed by atoms with Crippen LogP contribution >= 0.6 is 0 Å². The van der Waals surface area contributed by atoms with Crippen LogP contribution in [0.15, 0.2) is 0 Å². The normalized spacial score (nSPS) is 15.9. The molecule has 0 spiro atoms. The molecule has 2 aliphatic rings. The Morgan fingerprint density at radius 2 is 1.07 bits per heavy atom. The molecule has 2 fully saturated rings. The topological polar surface area (TPSA) is 268 Å². The van der Waals surface area contributed by atoms with Gasteiger partial charge in [-0.1, -0.05) is 103 Å². The van der Waals surface area contributed by atoms with Crippen LogP contribution in [-0.2, 0) is 66.9 Å². The Morgan fingerprint density at radius 1 is 0.597 bits per heavy atom. The molecule has 1 saturated carbocycles.